The third kappa shape index (κ3) is 6.09. The van der Waals surface area contributed by atoms with Crippen molar-refractivity contribution in [2.75, 3.05) is 5.73 Å². The van der Waals surface area contributed by atoms with E-state index in [2.05, 4.69) is 39.9 Å². The quantitative estimate of drug-likeness (QED) is 0.127. The Morgan fingerprint density at radius 3 is 2.53 bits per heavy atom. The molecule has 36 heavy (non-hydrogen) atoms. The predicted octanol–water partition coefficient (Wildman–Crippen LogP) is 0.793. The second-order valence-corrected chi connectivity index (χ2v) is 12.0. The van der Waals surface area contributed by atoms with Gasteiger partial charge in [-0.3, -0.25) is 9.09 Å². The van der Waals surface area contributed by atoms with Crippen LogP contribution in [-0.2, 0) is 31.6 Å². The van der Waals surface area contributed by atoms with E-state index in [1.54, 1.807) is 0 Å². The van der Waals surface area contributed by atoms with Crippen molar-refractivity contribution in [1.29, 1.82) is 0 Å². The van der Waals surface area contributed by atoms with E-state index in [-0.39, 0.29) is 21.8 Å². The maximum Gasteiger partial charge on any atom is 0.490 e. The number of aromatic nitrogens is 4. The fourth-order valence-corrected chi connectivity index (χ4v) is 6.82. The van der Waals surface area contributed by atoms with Crippen LogP contribution in [0.25, 0.3) is 11.2 Å². The molecule has 0 radical (unpaired) electrons. The number of rotatable bonds is 8. The van der Waals surface area contributed by atoms with Gasteiger partial charge >= 0.3 is 23.5 Å². The molecule has 22 heteroatoms. The minimum atomic E-state index is -5.81. The van der Waals surface area contributed by atoms with Crippen molar-refractivity contribution in [3.63, 3.8) is 0 Å². The lowest BCUT2D eigenvalue weighted by Crippen LogP contribution is -2.44. The second-order valence-electron chi connectivity index (χ2n) is 7.22. The monoisotopic (exact) mass is 593 g/mol. The maximum absolute atomic E-state index is 16.1. The Balaban J connectivity index is 1.92. The normalized spacial score (nSPS) is 28.7. The number of imidazole rings is 1. The highest BCUT2D eigenvalue weighted by molar-refractivity contribution is 7.71. The molecule has 200 valence electrons. The number of phosphoric acid groups is 3. The first-order chi connectivity index (χ1) is 16.4. The number of nitrogens with two attached hydrogens (primary N) is 1. The first-order valence-electron chi connectivity index (χ1n) is 9.40. The summed E-state index contributed by atoms with van der Waals surface area (Å²) in [6.45, 7) is 2.28. The van der Waals surface area contributed by atoms with Crippen LogP contribution in [0.4, 0.5) is 10.3 Å². The van der Waals surface area contributed by atoms with Gasteiger partial charge in [0.2, 0.25) is 5.67 Å². The first kappa shape index (κ1) is 29.0. The molecule has 7 atom stereocenters. The van der Waals surface area contributed by atoms with Gasteiger partial charge in [0.15, 0.2) is 16.8 Å². The first-order valence-corrected chi connectivity index (χ1v) is 14.3. The summed E-state index contributed by atoms with van der Waals surface area (Å²) in [5.41, 5.74) is 2.94. The zero-order valence-corrected chi connectivity index (χ0v) is 21.5. The SMILES string of the molecule is CC#CC1(F)[C@@H](O)[C@@H]([C@H](C)OP(=O)(O)OP(=O)(O)OP(=O)(O)O)O[C@H]1n1cnc2c(=S)nc(N)[nH]c21. The third-order valence-corrected chi connectivity index (χ3v) is 8.81. The van der Waals surface area contributed by atoms with Gasteiger partial charge < -0.3 is 40.1 Å². The van der Waals surface area contributed by atoms with E-state index in [1.165, 1.54) is 6.92 Å². The Labute approximate surface area is 205 Å². The van der Waals surface area contributed by atoms with Crippen molar-refractivity contribution in [3.8, 4) is 11.8 Å². The number of nitrogens with one attached hydrogen (secondary N) is 1. The van der Waals surface area contributed by atoms with Gasteiger partial charge in [-0.05, 0) is 13.8 Å². The van der Waals surface area contributed by atoms with Crippen LogP contribution in [0.5, 0.6) is 0 Å². The molecular formula is C14H19FN5O12P3S. The molecule has 0 spiro atoms. The molecule has 1 saturated heterocycles. The second kappa shape index (κ2) is 9.93. The smallest absolute Gasteiger partial charge is 0.386 e. The molecule has 0 aromatic carbocycles. The van der Waals surface area contributed by atoms with Crippen molar-refractivity contribution in [3.05, 3.63) is 11.0 Å². The van der Waals surface area contributed by atoms with Crippen molar-refractivity contribution in [2.45, 2.75) is 44.1 Å². The molecule has 0 bridgehead atoms. The Bertz CT molecular complexity index is 1440. The highest BCUT2D eigenvalue weighted by Crippen LogP contribution is 2.66. The van der Waals surface area contributed by atoms with E-state index in [9.17, 15) is 28.6 Å². The summed E-state index contributed by atoms with van der Waals surface area (Å²) in [7, 11) is -17.0. The molecule has 3 unspecified atom stereocenters. The molecule has 3 heterocycles. The van der Waals surface area contributed by atoms with E-state index in [0.717, 1.165) is 17.8 Å². The Morgan fingerprint density at radius 1 is 1.31 bits per heavy atom. The summed E-state index contributed by atoms with van der Waals surface area (Å²) in [6.07, 6.45) is -6.31. The molecule has 1 aliphatic heterocycles. The number of hydrogen-bond acceptors (Lipinski definition) is 12. The summed E-state index contributed by atoms with van der Waals surface area (Å²) in [5, 5.41) is 10.7. The van der Waals surface area contributed by atoms with Crippen LogP contribution in [0, 0.1) is 16.5 Å². The van der Waals surface area contributed by atoms with E-state index in [4.69, 9.17) is 32.5 Å². The number of nitrogens with zero attached hydrogens (tertiary/aromatic N) is 3. The number of fused-ring (bicyclic) bond motifs is 1. The van der Waals surface area contributed by atoms with Crippen LogP contribution in [0.2, 0.25) is 0 Å². The number of H-pyrrole nitrogens is 1. The minimum absolute atomic E-state index is 0.0258. The van der Waals surface area contributed by atoms with Crippen LogP contribution in [-0.4, -0.2) is 68.2 Å². The van der Waals surface area contributed by atoms with Crippen molar-refractivity contribution < 1.29 is 60.6 Å². The lowest BCUT2D eigenvalue weighted by Gasteiger charge is -2.25. The number of alkyl halides is 1. The third-order valence-electron chi connectivity index (χ3n) is 4.60. The summed E-state index contributed by atoms with van der Waals surface area (Å²) in [5.74, 6) is 4.34. The summed E-state index contributed by atoms with van der Waals surface area (Å²) in [6, 6.07) is 0. The number of anilines is 1. The molecule has 8 N–H and O–H groups in total. The molecule has 2 aromatic heterocycles. The van der Waals surface area contributed by atoms with Gasteiger partial charge in [0.25, 0.3) is 0 Å². The number of aromatic amines is 1. The highest BCUT2D eigenvalue weighted by Gasteiger charge is 2.60. The topological polar surface area (TPSA) is 262 Å². The van der Waals surface area contributed by atoms with E-state index >= 15 is 4.39 Å². The Morgan fingerprint density at radius 2 is 1.94 bits per heavy atom. The van der Waals surface area contributed by atoms with Crippen LogP contribution in [0.1, 0.15) is 20.1 Å². The summed E-state index contributed by atoms with van der Waals surface area (Å²) in [4.78, 5) is 46.7. The fourth-order valence-electron chi connectivity index (χ4n) is 3.37. The lowest BCUT2D eigenvalue weighted by molar-refractivity contribution is -0.0754. The summed E-state index contributed by atoms with van der Waals surface area (Å²) < 4.78 is 69.1. The maximum atomic E-state index is 16.1. The van der Waals surface area contributed by atoms with Gasteiger partial charge in [0.05, 0.1) is 12.4 Å². The predicted molar refractivity (Wildman–Crippen MR) is 119 cm³/mol. The van der Waals surface area contributed by atoms with Crippen LogP contribution < -0.4 is 5.73 Å². The van der Waals surface area contributed by atoms with Crippen LogP contribution in [0.3, 0.4) is 0 Å². The number of nitrogen functional groups attached to an aromatic ring is 1. The molecule has 0 amide bonds. The standard InChI is InChI=1S/C14H19FN5O12P3S/c1-3-4-14(15)9(21)8(6(2)30-34(25,26)32-35(27,28)31-33(22,23)24)29-12(14)20-5-17-7-10(20)18-13(16)19-11(7)36/h5-6,8-9,12,21H,1-2H3,(H,25,26)(H,27,28)(H2,22,23,24)(H3,16,18,19,36)/t6-,8+,9-,12+,14?/m0/s1. The number of aliphatic hydroxyl groups is 1. The molecular weight excluding hydrogens is 574 g/mol. The van der Waals surface area contributed by atoms with Crippen molar-refractivity contribution in [1.82, 2.24) is 19.5 Å². The summed E-state index contributed by atoms with van der Waals surface area (Å²) >= 11 is 5.07. The molecule has 17 nitrogen and oxygen atoms in total. The highest BCUT2D eigenvalue weighted by atomic mass is 32.1. The molecule has 1 fully saturated rings. The number of phosphoric ester groups is 1. The van der Waals surface area contributed by atoms with E-state index in [0.29, 0.717) is 0 Å². The van der Waals surface area contributed by atoms with Crippen molar-refractivity contribution in [2.24, 2.45) is 0 Å². The minimum Gasteiger partial charge on any atom is -0.386 e. The molecule has 0 saturated carbocycles. The van der Waals surface area contributed by atoms with Crippen molar-refractivity contribution >= 4 is 52.8 Å². The zero-order chi connectivity index (χ0) is 27.3. The average molecular weight is 593 g/mol. The van der Waals surface area contributed by atoms with Gasteiger partial charge in [-0.25, -0.2) is 28.1 Å². The zero-order valence-electron chi connectivity index (χ0n) is 18.0. The van der Waals surface area contributed by atoms with Gasteiger partial charge in [-0.2, -0.15) is 8.62 Å². The average Bonchev–Trinajstić information content (AvgIpc) is 3.18. The van der Waals surface area contributed by atoms with Gasteiger partial charge in [0, 0.05) is 0 Å². The number of aliphatic hydroxyl groups excluding tert-OH is 1. The molecule has 0 aliphatic carbocycles. The van der Waals surface area contributed by atoms with Gasteiger partial charge in [-0.1, -0.05) is 18.1 Å². The van der Waals surface area contributed by atoms with Crippen LogP contribution >= 0.6 is 35.7 Å². The van der Waals surface area contributed by atoms with Crippen LogP contribution in [0.15, 0.2) is 6.33 Å². The Kier molecular flexibility index (Phi) is 7.99. The van der Waals surface area contributed by atoms with E-state index < -0.39 is 53.7 Å². The molecule has 3 rings (SSSR count). The largest absolute Gasteiger partial charge is 0.490 e. The molecule has 1 aliphatic rings. The lowest BCUT2D eigenvalue weighted by atomic mass is 9.94. The Hall–Kier alpha value is -1.61. The number of hydrogen-bond donors (Lipinski definition) is 7. The number of halogens is 1. The molecule has 2 aromatic rings. The number of ether oxygens (including phenoxy) is 1. The van der Waals surface area contributed by atoms with Gasteiger partial charge in [-0.15, -0.1) is 5.92 Å². The van der Waals surface area contributed by atoms with E-state index in [1.807, 2.05) is 0 Å². The van der Waals surface area contributed by atoms with Gasteiger partial charge in [0.1, 0.15) is 23.4 Å². The fraction of sp³-hybridized carbons (Fsp3) is 0.500.